The molecular weight excluding hydrogens is 314 g/mol. The van der Waals surface area contributed by atoms with Crippen molar-refractivity contribution >= 4 is 33.6 Å². The fraction of sp³-hybridized carbons (Fsp3) is 0.500. The van der Waals surface area contributed by atoms with E-state index in [1.807, 2.05) is 32.9 Å². The normalized spacial score (nSPS) is 14.5. The molecule has 18 heavy (non-hydrogen) atoms. The van der Waals surface area contributed by atoms with E-state index in [-0.39, 0.29) is 11.9 Å². The van der Waals surface area contributed by atoms with Crippen molar-refractivity contribution in [3.63, 3.8) is 0 Å². The predicted octanol–water partition coefficient (Wildman–Crippen LogP) is 2.18. The first-order chi connectivity index (χ1) is 8.35. The molecule has 0 aliphatic rings. The minimum atomic E-state index is -0.740. The minimum Gasteiger partial charge on any atom is -0.368 e. The van der Waals surface area contributed by atoms with Crippen LogP contribution in [0.4, 0.5) is 0 Å². The van der Waals surface area contributed by atoms with E-state index < -0.39 is 5.54 Å². The van der Waals surface area contributed by atoms with Crippen LogP contribution in [0.15, 0.2) is 27.8 Å². The average molecular weight is 332 g/mol. The maximum absolute atomic E-state index is 11.6. The lowest BCUT2D eigenvalue weighted by Gasteiger charge is -2.29. The Morgan fingerprint density at radius 3 is 2.83 bits per heavy atom. The molecule has 0 saturated heterocycles. The molecule has 0 radical (unpaired) electrons. The molecule has 1 amide bonds. The molecule has 0 fully saturated rings. The molecule has 0 aliphatic heterocycles. The van der Waals surface area contributed by atoms with Gasteiger partial charge in [-0.05, 0) is 48.8 Å². The summed E-state index contributed by atoms with van der Waals surface area (Å²) in [6.07, 6.45) is 1.73. The molecule has 0 spiro atoms. The minimum absolute atomic E-state index is 0.190. The Hall–Kier alpha value is -0.590. The van der Waals surface area contributed by atoms with E-state index in [0.29, 0.717) is 5.75 Å². The van der Waals surface area contributed by atoms with Crippen LogP contribution in [0, 0.1) is 0 Å². The van der Waals surface area contributed by atoms with Crippen molar-refractivity contribution in [2.24, 2.45) is 5.73 Å². The van der Waals surface area contributed by atoms with Gasteiger partial charge >= 0.3 is 0 Å². The molecular formula is C12H18BrN3OS. The molecule has 1 aromatic heterocycles. The number of pyridine rings is 1. The molecule has 100 valence electrons. The lowest BCUT2D eigenvalue weighted by molar-refractivity contribution is -0.123. The van der Waals surface area contributed by atoms with Crippen LogP contribution in [-0.4, -0.2) is 28.2 Å². The number of nitrogens with one attached hydrogen (secondary N) is 1. The van der Waals surface area contributed by atoms with Crippen LogP contribution in [0.3, 0.4) is 0 Å². The third kappa shape index (κ3) is 4.26. The molecule has 6 heteroatoms. The molecule has 3 N–H and O–H groups in total. The van der Waals surface area contributed by atoms with Gasteiger partial charge < -0.3 is 11.1 Å². The zero-order valence-corrected chi connectivity index (χ0v) is 13.1. The van der Waals surface area contributed by atoms with Gasteiger partial charge in [0.15, 0.2) is 0 Å². The Morgan fingerprint density at radius 2 is 2.33 bits per heavy atom. The van der Waals surface area contributed by atoms with Crippen LogP contribution in [0.25, 0.3) is 0 Å². The molecule has 1 heterocycles. The molecule has 0 aliphatic carbocycles. The molecule has 0 bridgehead atoms. The van der Waals surface area contributed by atoms with E-state index in [4.69, 9.17) is 5.73 Å². The van der Waals surface area contributed by atoms with E-state index >= 15 is 0 Å². The highest BCUT2D eigenvalue weighted by Gasteiger charge is 2.31. The van der Waals surface area contributed by atoms with Crippen molar-refractivity contribution in [2.45, 2.75) is 37.4 Å². The molecule has 0 saturated carbocycles. The van der Waals surface area contributed by atoms with Gasteiger partial charge in [0, 0.05) is 22.5 Å². The van der Waals surface area contributed by atoms with E-state index in [1.54, 1.807) is 6.20 Å². The van der Waals surface area contributed by atoms with Gasteiger partial charge in [-0.25, -0.2) is 4.98 Å². The largest absolute Gasteiger partial charge is 0.368 e. The van der Waals surface area contributed by atoms with Gasteiger partial charge in [0.1, 0.15) is 10.6 Å². The summed E-state index contributed by atoms with van der Waals surface area (Å²) in [6.45, 7) is 5.80. The zero-order valence-electron chi connectivity index (χ0n) is 10.7. The van der Waals surface area contributed by atoms with E-state index in [9.17, 15) is 4.79 Å². The maximum atomic E-state index is 11.6. The van der Waals surface area contributed by atoms with Crippen LogP contribution in [0.1, 0.15) is 20.8 Å². The smallest absolute Gasteiger partial charge is 0.238 e. The summed E-state index contributed by atoms with van der Waals surface area (Å²) in [4.78, 5) is 15.8. The fourth-order valence-corrected chi connectivity index (χ4v) is 3.10. The second-order valence-corrected chi connectivity index (χ2v) is 6.39. The first kappa shape index (κ1) is 15.5. The van der Waals surface area contributed by atoms with Gasteiger partial charge in [-0.15, -0.1) is 11.8 Å². The summed E-state index contributed by atoms with van der Waals surface area (Å²) in [5, 5.41) is 4.06. The highest BCUT2D eigenvalue weighted by atomic mass is 79.9. The number of carbonyl (C=O) groups is 1. The maximum Gasteiger partial charge on any atom is 0.238 e. The van der Waals surface area contributed by atoms with Crippen LogP contribution < -0.4 is 11.1 Å². The van der Waals surface area contributed by atoms with Crippen molar-refractivity contribution in [1.29, 1.82) is 0 Å². The van der Waals surface area contributed by atoms with E-state index in [1.165, 1.54) is 11.8 Å². The number of carbonyl (C=O) groups excluding carboxylic acids is 1. The quantitative estimate of drug-likeness (QED) is 0.784. The number of primary amides is 1. The number of amides is 1. The number of halogens is 1. The van der Waals surface area contributed by atoms with Crippen LogP contribution >= 0.6 is 27.7 Å². The summed E-state index contributed by atoms with van der Waals surface area (Å²) in [5.41, 5.74) is 4.73. The number of thioether (sulfide) groups is 1. The number of aromatic nitrogens is 1. The number of nitrogens with two attached hydrogens (primary N) is 1. The summed E-state index contributed by atoms with van der Waals surface area (Å²) in [5.74, 6) is 0.187. The molecule has 1 rings (SSSR count). The number of hydrogen-bond donors (Lipinski definition) is 2. The second-order valence-electron chi connectivity index (χ2n) is 4.57. The average Bonchev–Trinajstić information content (AvgIpc) is 2.27. The van der Waals surface area contributed by atoms with E-state index in [2.05, 4.69) is 26.2 Å². The van der Waals surface area contributed by atoms with Crippen LogP contribution in [0.5, 0.6) is 0 Å². The van der Waals surface area contributed by atoms with Crippen molar-refractivity contribution in [1.82, 2.24) is 10.3 Å². The predicted molar refractivity (Wildman–Crippen MR) is 78.5 cm³/mol. The van der Waals surface area contributed by atoms with Crippen molar-refractivity contribution in [3.8, 4) is 0 Å². The topological polar surface area (TPSA) is 68.0 Å². The highest BCUT2D eigenvalue weighted by molar-refractivity contribution is 9.10. The summed E-state index contributed by atoms with van der Waals surface area (Å²) >= 11 is 4.93. The van der Waals surface area contributed by atoms with Crippen LogP contribution in [-0.2, 0) is 4.79 Å². The van der Waals surface area contributed by atoms with Crippen molar-refractivity contribution < 1.29 is 4.79 Å². The molecule has 1 atom stereocenters. The third-order valence-corrected chi connectivity index (χ3v) is 4.60. The first-order valence-corrected chi connectivity index (χ1v) is 7.44. The number of nitrogens with zero attached hydrogens (tertiary/aromatic N) is 1. The van der Waals surface area contributed by atoms with Gasteiger partial charge in [0.05, 0.1) is 0 Å². The number of hydrogen-bond acceptors (Lipinski definition) is 4. The van der Waals surface area contributed by atoms with Gasteiger partial charge in [0.25, 0.3) is 0 Å². The number of rotatable bonds is 6. The Kier molecular flexibility index (Phi) is 5.62. The molecule has 1 aromatic rings. The van der Waals surface area contributed by atoms with Crippen LogP contribution in [0.2, 0.25) is 0 Å². The first-order valence-electron chi connectivity index (χ1n) is 5.66. The van der Waals surface area contributed by atoms with Gasteiger partial charge in [-0.2, -0.15) is 0 Å². The Balaban J connectivity index is 2.75. The van der Waals surface area contributed by atoms with Crippen molar-refractivity contribution in [3.05, 3.63) is 22.8 Å². The van der Waals surface area contributed by atoms with Crippen molar-refractivity contribution in [2.75, 3.05) is 5.75 Å². The highest BCUT2D eigenvalue weighted by Crippen LogP contribution is 2.27. The fourth-order valence-electron chi connectivity index (χ4n) is 1.51. The summed E-state index contributed by atoms with van der Waals surface area (Å²) in [6, 6.07) is 3.97. The van der Waals surface area contributed by atoms with Gasteiger partial charge in [-0.1, -0.05) is 0 Å². The Bertz CT molecular complexity index is 428. The lowest BCUT2D eigenvalue weighted by Crippen LogP contribution is -2.57. The standard InChI is InChI=1S/C12H18BrN3OS/c1-8(2)16-12(3,11(14)17)7-18-10-9(13)5-4-6-15-10/h4-6,8,16H,7H2,1-3H3,(H2,14,17). The Labute approximate surface area is 120 Å². The van der Waals surface area contributed by atoms with Gasteiger partial charge in [-0.3, -0.25) is 4.79 Å². The summed E-state index contributed by atoms with van der Waals surface area (Å²) < 4.78 is 0.923. The Morgan fingerprint density at radius 1 is 1.67 bits per heavy atom. The SMILES string of the molecule is CC(C)NC(C)(CSc1ncccc1Br)C(N)=O. The second kappa shape index (κ2) is 6.54. The monoisotopic (exact) mass is 331 g/mol. The van der Waals surface area contributed by atoms with Gasteiger partial charge in [0.2, 0.25) is 5.91 Å². The summed E-state index contributed by atoms with van der Waals surface area (Å²) in [7, 11) is 0. The van der Waals surface area contributed by atoms with E-state index in [0.717, 1.165) is 9.50 Å². The zero-order chi connectivity index (χ0) is 13.8. The lowest BCUT2D eigenvalue weighted by atomic mass is 10.0. The molecule has 1 unspecified atom stereocenters. The molecule has 4 nitrogen and oxygen atoms in total. The third-order valence-electron chi connectivity index (χ3n) is 2.37. The molecule has 0 aromatic carbocycles.